The van der Waals surface area contributed by atoms with Crippen molar-refractivity contribution in [3.63, 3.8) is 0 Å². The molecule has 10 amide bonds. The Hall–Kier alpha value is -9.91. The molecule has 506 valence electrons. The average Bonchev–Trinajstić information content (AvgIpc) is 1.27. The van der Waals surface area contributed by atoms with E-state index in [1.807, 2.05) is 0 Å². The summed E-state index contributed by atoms with van der Waals surface area (Å²) in [4.78, 5) is 183. The van der Waals surface area contributed by atoms with Crippen LogP contribution < -0.4 is 81.8 Å². The second-order valence-corrected chi connectivity index (χ2v) is 21.9. The largest absolute Gasteiger partial charge is 0.481 e. The van der Waals surface area contributed by atoms with Crippen molar-refractivity contribution in [1.82, 2.24) is 73.1 Å². The first-order valence-electron chi connectivity index (χ1n) is 29.1. The fourth-order valence-electron chi connectivity index (χ4n) is 8.61. The number of nitrogens with two attached hydrogens (primary N) is 5. The van der Waals surface area contributed by atoms with Crippen LogP contribution in [0.2, 0.25) is 0 Å². The van der Waals surface area contributed by atoms with E-state index >= 15 is 0 Å². The summed E-state index contributed by atoms with van der Waals surface area (Å²) in [5, 5.41) is 53.7. The predicted octanol–water partition coefficient (Wildman–Crippen LogP) is -6.99. The highest BCUT2D eigenvalue weighted by atomic mass is 32.1. The van der Waals surface area contributed by atoms with Crippen molar-refractivity contribution >= 4 is 95.6 Å². The lowest BCUT2D eigenvalue weighted by Gasteiger charge is -2.27. The number of aromatic amines is 2. The van der Waals surface area contributed by atoms with Gasteiger partial charge >= 0.3 is 11.9 Å². The van der Waals surface area contributed by atoms with Crippen LogP contribution in [0.25, 0.3) is 0 Å². The second kappa shape index (κ2) is 40.0. The summed E-state index contributed by atoms with van der Waals surface area (Å²) in [5.74, 6) is -13.2. The Bertz CT molecular complexity index is 2980. The maximum Gasteiger partial charge on any atom is 0.326 e. The highest BCUT2D eigenvalue weighted by molar-refractivity contribution is 7.80. The Kier molecular flexibility index (Phi) is 33.2. The molecular formula is C55H85N21O15S. The number of aliphatic hydroxyl groups is 1. The number of nitrogens with one attached hydrogen (secondary N) is 12. The molecule has 0 spiro atoms. The maximum absolute atomic E-state index is 14.5. The Labute approximate surface area is 534 Å². The van der Waals surface area contributed by atoms with Crippen molar-refractivity contribution in [3.05, 3.63) is 72.3 Å². The van der Waals surface area contributed by atoms with Gasteiger partial charge in [0, 0.05) is 68.3 Å². The van der Waals surface area contributed by atoms with Crippen LogP contribution in [0, 0.1) is 5.92 Å². The number of H-pyrrole nitrogens is 2. The number of nitrogens with zero attached hydrogens (tertiary/aromatic N) is 4. The van der Waals surface area contributed by atoms with Crippen molar-refractivity contribution in [3.8, 4) is 0 Å². The number of imidazole rings is 2. The monoisotopic (exact) mass is 1310 g/mol. The predicted molar refractivity (Wildman–Crippen MR) is 333 cm³/mol. The molecule has 92 heavy (non-hydrogen) atoms. The summed E-state index contributed by atoms with van der Waals surface area (Å²) in [7, 11) is 0. The molecule has 37 heteroatoms. The molecule has 0 unspecified atom stereocenters. The molecule has 2 aromatic heterocycles. The van der Waals surface area contributed by atoms with E-state index in [9.17, 15) is 72.9 Å². The third-order valence-corrected chi connectivity index (χ3v) is 13.8. The number of carboxylic acids is 2. The van der Waals surface area contributed by atoms with Gasteiger partial charge in [0.05, 0.1) is 25.8 Å². The number of carbonyl (C=O) groups excluding carboxylic acids is 10. The molecule has 3 aromatic rings. The topological polar surface area (TPSA) is 598 Å². The molecule has 0 aliphatic rings. The van der Waals surface area contributed by atoms with Gasteiger partial charge in [-0.15, -0.1) is 0 Å². The van der Waals surface area contributed by atoms with Crippen molar-refractivity contribution in [1.29, 1.82) is 0 Å². The smallest absolute Gasteiger partial charge is 0.326 e. The van der Waals surface area contributed by atoms with Gasteiger partial charge < -0.3 is 107 Å². The van der Waals surface area contributed by atoms with Gasteiger partial charge in [-0.25, -0.2) is 14.8 Å². The second-order valence-electron chi connectivity index (χ2n) is 21.5. The number of hydrogen-bond donors (Lipinski definition) is 21. The number of aliphatic carboxylic acids is 2. The van der Waals surface area contributed by atoms with E-state index in [2.05, 4.69) is 95.7 Å². The Morgan fingerprint density at radius 1 is 0.543 bits per heavy atom. The fourth-order valence-corrected chi connectivity index (χ4v) is 8.87. The molecule has 0 radical (unpaired) electrons. The normalized spacial score (nSPS) is 14.2. The van der Waals surface area contributed by atoms with E-state index in [0.29, 0.717) is 11.3 Å². The summed E-state index contributed by atoms with van der Waals surface area (Å²) in [6.07, 6.45) is 3.07. The van der Waals surface area contributed by atoms with Crippen LogP contribution >= 0.6 is 12.6 Å². The van der Waals surface area contributed by atoms with Gasteiger partial charge in [0.15, 0.2) is 11.9 Å². The van der Waals surface area contributed by atoms with E-state index in [1.54, 1.807) is 44.2 Å². The van der Waals surface area contributed by atoms with Crippen LogP contribution in [0.5, 0.6) is 0 Å². The van der Waals surface area contributed by atoms with Gasteiger partial charge in [0.1, 0.15) is 60.4 Å². The first-order valence-corrected chi connectivity index (χ1v) is 29.7. The Balaban J connectivity index is 1.89. The van der Waals surface area contributed by atoms with E-state index in [1.165, 1.54) is 32.0 Å². The number of carbonyl (C=O) groups is 12. The number of carboxylic acid groups (broad SMARTS) is 2. The van der Waals surface area contributed by atoms with Gasteiger partial charge in [-0.1, -0.05) is 44.2 Å². The fraction of sp³-hybridized carbons (Fsp3) is 0.527. The molecule has 0 saturated carbocycles. The lowest BCUT2D eigenvalue weighted by Crippen LogP contribution is -2.60. The summed E-state index contributed by atoms with van der Waals surface area (Å²) in [6.45, 7) is 3.20. The summed E-state index contributed by atoms with van der Waals surface area (Å²) in [5.41, 5.74) is 28.8. The zero-order valence-corrected chi connectivity index (χ0v) is 51.9. The number of aromatic nitrogens is 4. The van der Waals surface area contributed by atoms with Crippen molar-refractivity contribution in [2.24, 2.45) is 44.6 Å². The highest BCUT2D eigenvalue weighted by Gasteiger charge is 2.35. The standard InChI is InChI=1S/C55H85N21O15S/c1-28(2)17-37(73-52(89)41(25-92)76-45(82)33(56)24-77)46(83)65-23-42(78)69-34(11-7-15-63-54(57)58)48(85)74-39(20-32-22-62-27-67-32)50(87)71-36(13-14-43(79)80)49(86)70-35(12-8-16-64-55(59)60)47(84)68-29(3)44(81)72-38(19-31-21-61-26-66-31)51(88)75-40(53(90)91)18-30-9-5-4-6-10-30/h4-6,9-10,21-22,26-29,33-41,77,92H,7-8,11-20,23-25,56H2,1-3H3,(H,61,66)(H,62,67)(H,65,83)(H,68,84)(H,69,78)(H,70,86)(H,71,87)(H,72,81)(H,73,89)(H,74,85)(H,75,88)(H,76,82)(H,79,80)(H,90,91)(H4,57,58,63)(H4,59,60,64)/t29-,33-,34-,35-,36-,37-,38-,39-,40-,41-/m0/s1. The number of aliphatic imine (C=N–C) groups is 2. The van der Waals surface area contributed by atoms with Crippen LogP contribution in [-0.2, 0) is 76.8 Å². The molecule has 0 aliphatic carbocycles. The molecule has 0 fully saturated rings. The summed E-state index contributed by atoms with van der Waals surface area (Å²) in [6, 6.07) is -6.10. The van der Waals surface area contributed by atoms with Gasteiger partial charge in [-0.05, 0) is 56.9 Å². The SMILES string of the molecule is CC(C)C[C@H](NC(=O)[C@H](CS)NC(=O)[C@@H](N)CO)C(=O)NCC(=O)N[C@@H](CCCN=C(N)N)C(=O)N[C@@H](Cc1cnc[nH]1)C(=O)N[C@@H](CCC(=O)O)C(=O)N[C@@H](CCCN=C(N)N)C(=O)N[C@@H](C)C(=O)N[C@@H](Cc1cnc[nH]1)C(=O)N[C@@H](Cc1ccccc1)C(=O)O. The number of hydrogen-bond acceptors (Lipinski definition) is 19. The van der Waals surface area contributed by atoms with E-state index < -0.39 is 157 Å². The van der Waals surface area contributed by atoms with Crippen molar-refractivity contribution in [2.45, 2.75) is 145 Å². The van der Waals surface area contributed by atoms with Gasteiger partial charge in [0.25, 0.3) is 0 Å². The van der Waals surface area contributed by atoms with Crippen LogP contribution in [0.15, 0.2) is 65.4 Å². The molecule has 10 atom stereocenters. The Morgan fingerprint density at radius 2 is 0.989 bits per heavy atom. The Morgan fingerprint density at radius 3 is 1.46 bits per heavy atom. The minimum Gasteiger partial charge on any atom is -0.481 e. The molecule has 0 saturated heterocycles. The molecule has 3 rings (SSSR count). The number of benzene rings is 1. The zero-order valence-electron chi connectivity index (χ0n) is 51.0. The van der Waals surface area contributed by atoms with Gasteiger partial charge in [-0.2, -0.15) is 12.6 Å². The van der Waals surface area contributed by atoms with Crippen molar-refractivity contribution in [2.75, 3.05) is 32.0 Å². The first-order chi connectivity index (χ1) is 43.6. The van der Waals surface area contributed by atoms with Gasteiger partial charge in [-0.3, -0.25) is 62.7 Å². The van der Waals surface area contributed by atoms with E-state index in [-0.39, 0.29) is 93.7 Å². The van der Waals surface area contributed by atoms with Crippen LogP contribution in [0.3, 0.4) is 0 Å². The van der Waals surface area contributed by atoms with Crippen LogP contribution in [-0.4, -0.2) is 211 Å². The molecule has 0 bridgehead atoms. The minimum absolute atomic E-state index is 0.0248. The van der Waals surface area contributed by atoms with E-state index in [0.717, 1.165) is 0 Å². The molecule has 0 aliphatic heterocycles. The maximum atomic E-state index is 14.5. The molecule has 1 aromatic carbocycles. The number of rotatable bonds is 42. The van der Waals surface area contributed by atoms with Gasteiger partial charge in [0.2, 0.25) is 59.1 Å². The van der Waals surface area contributed by atoms with Crippen LogP contribution in [0.1, 0.15) is 82.7 Å². The lowest BCUT2D eigenvalue weighted by atomic mass is 10.0. The van der Waals surface area contributed by atoms with Crippen molar-refractivity contribution < 1.29 is 72.9 Å². The number of aliphatic hydroxyl groups excluding tert-OH is 1. The van der Waals surface area contributed by atoms with Crippen LogP contribution in [0.4, 0.5) is 0 Å². The lowest BCUT2D eigenvalue weighted by molar-refractivity contribution is -0.142. The number of guanidine groups is 2. The number of thiol groups is 1. The molecular weight excluding hydrogens is 1230 g/mol. The minimum atomic E-state index is -1.75. The third-order valence-electron chi connectivity index (χ3n) is 13.4. The average molecular weight is 1310 g/mol. The molecule has 25 N–H and O–H groups in total. The highest BCUT2D eigenvalue weighted by Crippen LogP contribution is 2.11. The third kappa shape index (κ3) is 28.7. The number of amides is 10. The first kappa shape index (κ1) is 76.3. The zero-order chi connectivity index (χ0) is 68.5. The molecule has 36 nitrogen and oxygen atoms in total. The summed E-state index contributed by atoms with van der Waals surface area (Å²) >= 11 is 4.10. The van der Waals surface area contributed by atoms with E-state index in [4.69, 9.17) is 28.7 Å². The quantitative estimate of drug-likeness (QED) is 0.0108. The molecule has 2 heterocycles. The summed E-state index contributed by atoms with van der Waals surface area (Å²) < 4.78 is 0.